The van der Waals surface area contributed by atoms with Gasteiger partial charge < -0.3 is 10.5 Å². The van der Waals surface area contributed by atoms with Crippen LogP contribution in [-0.2, 0) is 0 Å². The first-order chi connectivity index (χ1) is 5.65. The third-order valence-electron chi connectivity index (χ3n) is 1.56. The maximum Gasteiger partial charge on any atom is 0.213 e. The van der Waals surface area contributed by atoms with Gasteiger partial charge in [-0.1, -0.05) is 0 Å². The molecule has 0 bridgehead atoms. The fourth-order valence-electron chi connectivity index (χ4n) is 0.895. The van der Waals surface area contributed by atoms with E-state index in [1.54, 1.807) is 13.3 Å². The Bertz CT molecular complexity index is 276. The van der Waals surface area contributed by atoms with Crippen molar-refractivity contribution in [1.29, 1.82) is 0 Å². The minimum absolute atomic E-state index is 0.0173. The molecular formula is C8H11BrN2O. The maximum atomic E-state index is 5.72. The Balaban J connectivity index is 3.08. The van der Waals surface area contributed by atoms with Crippen LogP contribution in [0.4, 0.5) is 0 Å². The summed E-state index contributed by atoms with van der Waals surface area (Å²) in [5, 5.41) is 0. The van der Waals surface area contributed by atoms with E-state index in [-0.39, 0.29) is 6.04 Å². The lowest BCUT2D eigenvalue weighted by Crippen LogP contribution is -2.06. The van der Waals surface area contributed by atoms with Crippen molar-refractivity contribution in [3.05, 3.63) is 22.3 Å². The van der Waals surface area contributed by atoms with Crippen molar-refractivity contribution in [2.75, 3.05) is 7.11 Å². The minimum Gasteiger partial charge on any atom is -0.481 e. The van der Waals surface area contributed by atoms with Crippen LogP contribution in [0.2, 0.25) is 0 Å². The van der Waals surface area contributed by atoms with Crippen LogP contribution >= 0.6 is 15.9 Å². The van der Waals surface area contributed by atoms with E-state index in [1.807, 2.05) is 13.0 Å². The number of hydrogen-bond acceptors (Lipinski definition) is 3. The molecule has 1 unspecified atom stereocenters. The monoisotopic (exact) mass is 230 g/mol. The van der Waals surface area contributed by atoms with Gasteiger partial charge in [-0.3, -0.25) is 0 Å². The van der Waals surface area contributed by atoms with Gasteiger partial charge in [0.05, 0.1) is 7.11 Å². The number of ether oxygens (including phenoxy) is 1. The number of aromatic nitrogens is 1. The van der Waals surface area contributed by atoms with Crippen molar-refractivity contribution in [2.45, 2.75) is 13.0 Å². The number of pyridine rings is 1. The average Bonchev–Trinajstić information content (AvgIpc) is 2.05. The van der Waals surface area contributed by atoms with Gasteiger partial charge in [-0.15, -0.1) is 0 Å². The lowest BCUT2D eigenvalue weighted by Gasteiger charge is -2.08. The molecule has 12 heavy (non-hydrogen) atoms. The molecule has 0 aliphatic carbocycles. The van der Waals surface area contributed by atoms with Crippen LogP contribution in [-0.4, -0.2) is 12.1 Å². The zero-order valence-electron chi connectivity index (χ0n) is 7.04. The van der Waals surface area contributed by atoms with Crippen LogP contribution in [0, 0.1) is 0 Å². The molecule has 1 rings (SSSR count). The van der Waals surface area contributed by atoms with E-state index in [9.17, 15) is 0 Å². The molecule has 0 amide bonds. The zero-order valence-corrected chi connectivity index (χ0v) is 8.63. The molecule has 1 heterocycles. The Kier molecular flexibility index (Phi) is 3.05. The highest BCUT2D eigenvalue weighted by Crippen LogP contribution is 2.23. The van der Waals surface area contributed by atoms with Crippen molar-refractivity contribution in [2.24, 2.45) is 5.73 Å². The quantitative estimate of drug-likeness (QED) is 0.845. The van der Waals surface area contributed by atoms with Crippen LogP contribution in [0.3, 0.4) is 0 Å². The van der Waals surface area contributed by atoms with Gasteiger partial charge in [-0.05, 0) is 28.4 Å². The SMILES string of the molecule is COc1cc(C(C)N)c(Br)cn1. The summed E-state index contributed by atoms with van der Waals surface area (Å²) < 4.78 is 5.89. The Hall–Kier alpha value is -0.610. The summed E-state index contributed by atoms with van der Waals surface area (Å²) in [5.74, 6) is 0.588. The molecular weight excluding hydrogens is 220 g/mol. The number of halogens is 1. The molecule has 1 atom stereocenters. The topological polar surface area (TPSA) is 48.1 Å². The molecule has 0 spiro atoms. The highest BCUT2D eigenvalue weighted by molar-refractivity contribution is 9.10. The largest absolute Gasteiger partial charge is 0.481 e. The molecule has 66 valence electrons. The summed E-state index contributed by atoms with van der Waals surface area (Å²) in [6.07, 6.45) is 1.69. The molecule has 0 aliphatic rings. The van der Waals surface area contributed by atoms with E-state index in [2.05, 4.69) is 20.9 Å². The van der Waals surface area contributed by atoms with E-state index < -0.39 is 0 Å². The highest BCUT2D eigenvalue weighted by atomic mass is 79.9. The number of nitrogens with zero attached hydrogens (tertiary/aromatic N) is 1. The average molecular weight is 231 g/mol. The number of methoxy groups -OCH3 is 1. The van der Waals surface area contributed by atoms with Gasteiger partial charge in [-0.25, -0.2) is 4.98 Å². The lowest BCUT2D eigenvalue weighted by molar-refractivity contribution is 0.396. The van der Waals surface area contributed by atoms with Crippen molar-refractivity contribution >= 4 is 15.9 Å². The molecule has 3 nitrogen and oxygen atoms in total. The standard InChI is InChI=1S/C8H11BrN2O/c1-5(10)6-3-8(12-2)11-4-7(6)9/h3-5H,10H2,1-2H3. The molecule has 0 saturated heterocycles. The number of rotatable bonds is 2. The zero-order chi connectivity index (χ0) is 9.14. The van der Waals surface area contributed by atoms with E-state index in [4.69, 9.17) is 10.5 Å². The van der Waals surface area contributed by atoms with Crippen molar-refractivity contribution in [3.63, 3.8) is 0 Å². The Morgan fingerprint density at radius 1 is 1.67 bits per heavy atom. The molecule has 4 heteroatoms. The van der Waals surface area contributed by atoms with Crippen molar-refractivity contribution < 1.29 is 4.74 Å². The Labute approximate surface area is 80.1 Å². The third kappa shape index (κ3) is 1.95. The van der Waals surface area contributed by atoms with Crippen LogP contribution in [0.15, 0.2) is 16.7 Å². The molecule has 0 aromatic carbocycles. The van der Waals surface area contributed by atoms with Crippen LogP contribution in [0.1, 0.15) is 18.5 Å². The van der Waals surface area contributed by atoms with Crippen LogP contribution in [0.5, 0.6) is 5.88 Å². The Morgan fingerprint density at radius 2 is 2.33 bits per heavy atom. The maximum absolute atomic E-state index is 5.72. The minimum atomic E-state index is -0.0173. The fraction of sp³-hybridized carbons (Fsp3) is 0.375. The van der Waals surface area contributed by atoms with E-state index in [1.165, 1.54) is 0 Å². The molecule has 1 aromatic rings. The first kappa shape index (κ1) is 9.48. The summed E-state index contributed by atoms with van der Waals surface area (Å²) >= 11 is 3.36. The van der Waals surface area contributed by atoms with Crippen LogP contribution in [0.25, 0.3) is 0 Å². The summed E-state index contributed by atoms with van der Waals surface area (Å²) in [6, 6.07) is 1.81. The van der Waals surface area contributed by atoms with E-state index in [0.29, 0.717) is 5.88 Å². The second kappa shape index (κ2) is 3.87. The lowest BCUT2D eigenvalue weighted by atomic mass is 10.1. The summed E-state index contributed by atoms with van der Waals surface area (Å²) in [5.41, 5.74) is 6.73. The summed E-state index contributed by atoms with van der Waals surface area (Å²) in [7, 11) is 1.58. The number of nitrogens with two attached hydrogens (primary N) is 1. The van der Waals surface area contributed by atoms with Crippen LogP contribution < -0.4 is 10.5 Å². The van der Waals surface area contributed by atoms with E-state index >= 15 is 0 Å². The smallest absolute Gasteiger partial charge is 0.213 e. The second-order valence-corrected chi connectivity index (χ2v) is 3.39. The van der Waals surface area contributed by atoms with Gasteiger partial charge in [0.1, 0.15) is 0 Å². The van der Waals surface area contributed by atoms with Gasteiger partial charge in [0.2, 0.25) is 5.88 Å². The van der Waals surface area contributed by atoms with E-state index in [0.717, 1.165) is 10.0 Å². The number of hydrogen-bond donors (Lipinski definition) is 1. The van der Waals surface area contributed by atoms with Crippen molar-refractivity contribution in [1.82, 2.24) is 4.98 Å². The molecule has 1 aromatic heterocycles. The molecule has 0 saturated carbocycles. The fourth-order valence-corrected chi connectivity index (χ4v) is 1.47. The van der Waals surface area contributed by atoms with Gasteiger partial charge in [-0.2, -0.15) is 0 Å². The van der Waals surface area contributed by atoms with Gasteiger partial charge in [0.15, 0.2) is 0 Å². The molecule has 0 aliphatic heterocycles. The first-order valence-electron chi connectivity index (χ1n) is 3.60. The highest BCUT2D eigenvalue weighted by Gasteiger charge is 2.06. The summed E-state index contributed by atoms with van der Waals surface area (Å²) in [6.45, 7) is 1.92. The summed E-state index contributed by atoms with van der Waals surface area (Å²) in [4.78, 5) is 4.02. The third-order valence-corrected chi connectivity index (χ3v) is 2.22. The molecule has 0 radical (unpaired) electrons. The predicted molar refractivity (Wildman–Crippen MR) is 51.1 cm³/mol. The molecule has 0 fully saturated rings. The predicted octanol–water partition coefficient (Wildman–Crippen LogP) is 1.87. The van der Waals surface area contributed by atoms with Gasteiger partial charge in [0, 0.05) is 22.8 Å². The first-order valence-corrected chi connectivity index (χ1v) is 4.39. The normalized spacial score (nSPS) is 12.7. The van der Waals surface area contributed by atoms with Gasteiger partial charge >= 0.3 is 0 Å². The molecule has 2 N–H and O–H groups in total. The Morgan fingerprint density at radius 3 is 2.83 bits per heavy atom. The van der Waals surface area contributed by atoms with Gasteiger partial charge in [0.25, 0.3) is 0 Å². The van der Waals surface area contributed by atoms with Crippen molar-refractivity contribution in [3.8, 4) is 5.88 Å². The second-order valence-electron chi connectivity index (χ2n) is 2.54.